The predicted octanol–water partition coefficient (Wildman–Crippen LogP) is 4.36. The molecule has 0 saturated carbocycles. The van der Waals surface area contributed by atoms with Crippen LogP contribution in [0.1, 0.15) is 42.1 Å². The van der Waals surface area contributed by atoms with Gasteiger partial charge in [-0.1, -0.05) is 35.0 Å². The minimum atomic E-state index is -0.167. The molecular formula is C17H18BrFN2. The Bertz CT molecular complexity index is 624. The molecule has 0 aliphatic heterocycles. The molecular weight excluding hydrogens is 331 g/mol. The third-order valence-electron chi connectivity index (χ3n) is 4.14. The van der Waals surface area contributed by atoms with E-state index in [-0.39, 0.29) is 17.8 Å². The van der Waals surface area contributed by atoms with Crippen molar-refractivity contribution in [3.05, 3.63) is 63.6 Å². The normalized spacial score (nSPS) is 18.5. The van der Waals surface area contributed by atoms with Crippen LogP contribution in [0.25, 0.3) is 0 Å². The SMILES string of the molecule is CCNC(c1c(F)cccc1Br)C1CCc2cccnc21. The monoisotopic (exact) mass is 348 g/mol. The highest BCUT2D eigenvalue weighted by Gasteiger charge is 2.33. The van der Waals surface area contributed by atoms with Gasteiger partial charge in [0.1, 0.15) is 5.82 Å². The number of aryl methyl sites for hydroxylation is 1. The van der Waals surface area contributed by atoms with Crippen molar-refractivity contribution in [2.75, 3.05) is 6.54 Å². The minimum Gasteiger partial charge on any atom is -0.310 e. The van der Waals surface area contributed by atoms with E-state index in [2.05, 4.69) is 39.2 Å². The van der Waals surface area contributed by atoms with E-state index >= 15 is 0 Å². The summed E-state index contributed by atoms with van der Waals surface area (Å²) in [4.78, 5) is 4.55. The first kappa shape index (κ1) is 14.7. The van der Waals surface area contributed by atoms with Crippen molar-refractivity contribution in [3.63, 3.8) is 0 Å². The van der Waals surface area contributed by atoms with Crippen LogP contribution in [-0.2, 0) is 6.42 Å². The lowest BCUT2D eigenvalue weighted by Crippen LogP contribution is -2.27. The van der Waals surface area contributed by atoms with Gasteiger partial charge in [0.2, 0.25) is 0 Å². The Kier molecular flexibility index (Phi) is 4.36. The molecule has 0 amide bonds. The Hall–Kier alpha value is -1.26. The maximum atomic E-state index is 14.4. The molecule has 0 radical (unpaired) electrons. The highest BCUT2D eigenvalue weighted by molar-refractivity contribution is 9.10. The topological polar surface area (TPSA) is 24.9 Å². The number of likely N-dealkylation sites (N-methyl/N-ethyl adjacent to an activating group) is 1. The summed E-state index contributed by atoms with van der Waals surface area (Å²) >= 11 is 3.50. The lowest BCUT2D eigenvalue weighted by molar-refractivity contribution is 0.428. The Morgan fingerprint density at radius 3 is 3.00 bits per heavy atom. The number of hydrogen-bond donors (Lipinski definition) is 1. The van der Waals surface area contributed by atoms with Gasteiger partial charge >= 0.3 is 0 Å². The summed E-state index contributed by atoms with van der Waals surface area (Å²) < 4.78 is 15.2. The van der Waals surface area contributed by atoms with Gasteiger partial charge in [-0.15, -0.1) is 0 Å². The summed E-state index contributed by atoms with van der Waals surface area (Å²) in [5.74, 6) is 0.0501. The average Bonchev–Trinajstić information content (AvgIpc) is 2.90. The van der Waals surface area contributed by atoms with Crippen LogP contribution in [0.2, 0.25) is 0 Å². The van der Waals surface area contributed by atoms with E-state index in [0.717, 1.165) is 29.6 Å². The number of nitrogens with one attached hydrogen (secondary N) is 1. The van der Waals surface area contributed by atoms with E-state index in [9.17, 15) is 4.39 Å². The first-order valence-corrected chi connectivity index (χ1v) is 8.12. The third kappa shape index (κ3) is 2.74. The number of benzene rings is 1. The minimum absolute atomic E-state index is 0.0540. The van der Waals surface area contributed by atoms with E-state index in [4.69, 9.17) is 0 Å². The molecule has 1 heterocycles. The second-order valence-corrected chi connectivity index (χ2v) is 6.22. The summed E-state index contributed by atoms with van der Waals surface area (Å²) in [5, 5.41) is 3.45. The summed E-state index contributed by atoms with van der Waals surface area (Å²) in [5.41, 5.74) is 3.11. The second kappa shape index (κ2) is 6.24. The molecule has 110 valence electrons. The average molecular weight is 349 g/mol. The van der Waals surface area contributed by atoms with Crippen LogP contribution in [-0.4, -0.2) is 11.5 Å². The zero-order valence-electron chi connectivity index (χ0n) is 11.9. The molecule has 2 atom stereocenters. The Morgan fingerprint density at radius 2 is 2.24 bits per heavy atom. The molecule has 1 aliphatic rings. The van der Waals surface area contributed by atoms with E-state index in [1.807, 2.05) is 18.3 Å². The van der Waals surface area contributed by atoms with Gasteiger partial charge in [0.25, 0.3) is 0 Å². The number of fused-ring (bicyclic) bond motifs is 1. The maximum Gasteiger partial charge on any atom is 0.129 e. The van der Waals surface area contributed by atoms with Crippen molar-refractivity contribution in [1.29, 1.82) is 0 Å². The van der Waals surface area contributed by atoms with Crippen molar-refractivity contribution in [3.8, 4) is 0 Å². The van der Waals surface area contributed by atoms with E-state index in [1.54, 1.807) is 6.07 Å². The Labute approximate surface area is 132 Å². The fraction of sp³-hybridized carbons (Fsp3) is 0.353. The fourth-order valence-corrected chi connectivity index (χ4v) is 3.83. The molecule has 1 aromatic carbocycles. The number of hydrogen-bond acceptors (Lipinski definition) is 2. The van der Waals surface area contributed by atoms with Crippen molar-refractivity contribution in [1.82, 2.24) is 10.3 Å². The molecule has 2 unspecified atom stereocenters. The van der Waals surface area contributed by atoms with Gasteiger partial charge in [0.15, 0.2) is 0 Å². The lowest BCUT2D eigenvalue weighted by Gasteiger charge is -2.26. The number of pyridine rings is 1. The van der Waals surface area contributed by atoms with Crippen LogP contribution >= 0.6 is 15.9 Å². The van der Waals surface area contributed by atoms with Crippen molar-refractivity contribution >= 4 is 15.9 Å². The lowest BCUT2D eigenvalue weighted by atomic mass is 9.90. The quantitative estimate of drug-likeness (QED) is 0.887. The zero-order valence-corrected chi connectivity index (χ0v) is 13.5. The molecule has 1 N–H and O–H groups in total. The largest absolute Gasteiger partial charge is 0.310 e. The van der Waals surface area contributed by atoms with E-state index in [1.165, 1.54) is 11.6 Å². The Balaban J connectivity index is 2.04. The summed E-state index contributed by atoms with van der Waals surface area (Å²) in [6.07, 6.45) is 3.85. The smallest absolute Gasteiger partial charge is 0.129 e. The van der Waals surface area contributed by atoms with Crippen LogP contribution in [0.3, 0.4) is 0 Å². The molecule has 3 rings (SSSR count). The molecule has 0 fully saturated rings. The summed E-state index contributed by atoms with van der Waals surface area (Å²) in [7, 11) is 0. The molecule has 1 aliphatic carbocycles. The van der Waals surface area contributed by atoms with E-state index in [0.29, 0.717) is 5.56 Å². The van der Waals surface area contributed by atoms with Crippen LogP contribution in [0.4, 0.5) is 4.39 Å². The van der Waals surface area contributed by atoms with Crippen molar-refractivity contribution in [2.45, 2.75) is 31.7 Å². The standard InChI is InChI=1S/C17H18BrFN2/c1-2-20-17(15-13(18)6-3-7-14(15)19)12-9-8-11-5-4-10-21-16(11)12/h3-7,10,12,17,20H,2,8-9H2,1H3. The molecule has 21 heavy (non-hydrogen) atoms. The molecule has 2 nitrogen and oxygen atoms in total. The number of rotatable bonds is 4. The first-order valence-electron chi connectivity index (χ1n) is 7.33. The van der Waals surface area contributed by atoms with Gasteiger partial charge in [0.05, 0.1) is 0 Å². The van der Waals surface area contributed by atoms with Crippen LogP contribution in [0.5, 0.6) is 0 Å². The Morgan fingerprint density at radius 1 is 1.38 bits per heavy atom. The maximum absolute atomic E-state index is 14.4. The summed E-state index contributed by atoms with van der Waals surface area (Å²) in [6, 6.07) is 9.20. The molecule has 0 spiro atoms. The second-order valence-electron chi connectivity index (χ2n) is 5.36. The first-order chi connectivity index (χ1) is 10.2. The van der Waals surface area contributed by atoms with Gasteiger partial charge in [-0.3, -0.25) is 4.98 Å². The molecule has 4 heteroatoms. The van der Waals surface area contributed by atoms with Gasteiger partial charge in [0, 0.05) is 33.9 Å². The third-order valence-corrected chi connectivity index (χ3v) is 4.83. The van der Waals surface area contributed by atoms with Gasteiger partial charge < -0.3 is 5.32 Å². The molecule has 2 aromatic rings. The molecule has 1 aromatic heterocycles. The highest BCUT2D eigenvalue weighted by atomic mass is 79.9. The highest BCUT2D eigenvalue weighted by Crippen LogP contribution is 2.42. The number of halogens is 2. The number of aromatic nitrogens is 1. The zero-order chi connectivity index (χ0) is 14.8. The van der Waals surface area contributed by atoms with Crippen LogP contribution < -0.4 is 5.32 Å². The molecule has 0 bridgehead atoms. The van der Waals surface area contributed by atoms with Crippen LogP contribution in [0, 0.1) is 5.82 Å². The van der Waals surface area contributed by atoms with Gasteiger partial charge in [-0.2, -0.15) is 0 Å². The van der Waals surface area contributed by atoms with Gasteiger partial charge in [-0.05, 0) is 43.1 Å². The van der Waals surface area contributed by atoms with Gasteiger partial charge in [-0.25, -0.2) is 4.39 Å². The predicted molar refractivity (Wildman–Crippen MR) is 85.8 cm³/mol. The van der Waals surface area contributed by atoms with Crippen molar-refractivity contribution in [2.24, 2.45) is 0 Å². The summed E-state index contributed by atoms with van der Waals surface area (Å²) in [6.45, 7) is 2.85. The van der Waals surface area contributed by atoms with E-state index < -0.39 is 0 Å². The fourth-order valence-electron chi connectivity index (χ4n) is 3.24. The van der Waals surface area contributed by atoms with Crippen molar-refractivity contribution < 1.29 is 4.39 Å². The van der Waals surface area contributed by atoms with Crippen LogP contribution in [0.15, 0.2) is 41.0 Å². The molecule has 0 saturated heterocycles. The number of nitrogens with zero attached hydrogens (tertiary/aromatic N) is 1.